The lowest BCUT2D eigenvalue weighted by molar-refractivity contribution is 0.0198. The number of morpholine rings is 1. The van der Waals surface area contributed by atoms with Gasteiger partial charge in [-0.25, -0.2) is 4.79 Å². The number of nitrogens with zero attached hydrogens (tertiary/aromatic N) is 2. The number of urea groups is 1. The van der Waals surface area contributed by atoms with Gasteiger partial charge >= 0.3 is 6.03 Å². The van der Waals surface area contributed by atoms with Crippen LogP contribution >= 0.6 is 0 Å². The van der Waals surface area contributed by atoms with Gasteiger partial charge in [0.1, 0.15) is 0 Å². The van der Waals surface area contributed by atoms with Gasteiger partial charge in [0.25, 0.3) is 0 Å². The van der Waals surface area contributed by atoms with E-state index in [0.29, 0.717) is 11.9 Å². The number of anilines is 2. The highest BCUT2D eigenvalue weighted by molar-refractivity contribution is 5.99. The van der Waals surface area contributed by atoms with Crippen molar-refractivity contribution in [3.63, 3.8) is 0 Å². The summed E-state index contributed by atoms with van der Waals surface area (Å²) < 4.78 is 5.40. The SMILES string of the molecule is Cc1cc(NC(=O)Nc2ccc([C@H](C)N3CCOCC3)cc2)n[nH]1. The van der Waals surface area contributed by atoms with Gasteiger partial charge in [-0.1, -0.05) is 12.1 Å². The van der Waals surface area contributed by atoms with E-state index in [2.05, 4.69) is 44.8 Å². The molecule has 0 spiro atoms. The van der Waals surface area contributed by atoms with Gasteiger partial charge in [0.2, 0.25) is 0 Å². The molecule has 0 saturated carbocycles. The van der Waals surface area contributed by atoms with Gasteiger partial charge in [-0.05, 0) is 31.5 Å². The summed E-state index contributed by atoms with van der Waals surface area (Å²) in [5, 5.41) is 12.3. The molecule has 3 N–H and O–H groups in total. The van der Waals surface area contributed by atoms with Crippen molar-refractivity contribution in [2.45, 2.75) is 19.9 Å². The molecule has 24 heavy (non-hydrogen) atoms. The fraction of sp³-hybridized carbons (Fsp3) is 0.412. The van der Waals surface area contributed by atoms with E-state index < -0.39 is 0 Å². The molecule has 0 unspecified atom stereocenters. The minimum absolute atomic E-state index is 0.310. The van der Waals surface area contributed by atoms with Gasteiger partial charge in [0.05, 0.1) is 13.2 Å². The second-order valence-electron chi connectivity index (χ2n) is 5.96. The van der Waals surface area contributed by atoms with E-state index in [1.807, 2.05) is 19.1 Å². The normalized spacial score (nSPS) is 16.6. The first kappa shape index (κ1) is 16.5. The van der Waals surface area contributed by atoms with Crippen LogP contribution in [0.2, 0.25) is 0 Å². The van der Waals surface area contributed by atoms with E-state index in [1.54, 1.807) is 6.07 Å². The van der Waals surface area contributed by atoms with Crippen molar-refractivity contribution in [1.82, 2.24) is 15.1 Å². The first-order valence-electron chi connectivity index (χ1n) is 8.13. The van der Waals surface area contributed by atoms with Crippen LogP contribution in [0.4, 0.5) is 16.3 Å². The summed E-state index contributed by atoms with van der Waals surface area (Å²) >= 11 is 0. The molecule has 1 atom stereocenters. The maximum absolute atomic E-state index is 12.0. The lowest BCUT2D eigenvalue weighted by Crippen LogP contribution is -2.38. The average molecular weight is 329 g/mol. The van der Waals surface area contributed by atoms with Crippen LogP contribution in [-0.2, 0) is 4.74 Å². The summed E-state index contributed by atoms with van der Waals surface area (Å²) in [6.07, 6.45) is 0. The molecule has 7 nitrogen and oxygen atoms in total. The van der Waals surface area contributed by atoms with Crippen molar-refractivity contribution >= 4 is 17.5 Å². The molecule has 2 aromatic rings. The Bertz CT molecular complexity index is 677. The maximum Gasteiger partial charge on any atom is 0.324 e. The minimum Gasteiger partial charge on any atom is -0.379 e. The van der Waals surface area contributed by atoms with E-state index in [4.69, 9.17) is 4.74 Å². The lowest BCUT2D eigenvalue weighted by Gasteiger charge is -2.32. The van der Waals surface area contributed by atoms with E-state index in [0.717, 1.165) is 37.7 Å². The number of benzene rings is 1. The zero-order valence-corrected chi connectivity index (χ0v) is 14.0. The smallest absolute Gasteiger partial charge is 0.324 e. The fourth-order valence-electron chi connectivity index (χ4n) is 2.78. The third-order valence-corrected chi connectivity index (χ3v) is 4.19. The molecule has 1 aliphatic heterocycles. The van der Waals surface area contributed by atoms with Crippen molar-refractivity contribution in [3.05, 3.63) is 41.6 Å². The molecule has 1 aromatic heterocycles. The molecule has 2 heterocycles. The molecular weight excluding hydrogens is 306 g/mol. The van der Waals surface area contributed by atoms with E-state index in [1.165, 1.54) is 5.56 Å². The summed E-state index contributed by atoms with van der Waals surface area (Å²) in [6.45, 7) is 7.55. The molecule has 0 radical (unpaired) electrons. The number of carbonyl (C=O) groups is 1. The van der Waals surface area contributed by atoms with Crippen molar-refractivity contribution < 1.29 is 9.53 Å². The number of H-pyrrole nitrogens is 1. The highest BCUT2D eigenvalue weighted by atomic mass is 16.5. The summed E-state index contributed by atoms with van der Waals surface area (Å²) in [5.41, 5.74) is 2.87. The van der Waals surface area contributed by atoms with Crippen LogP contribution in [0.3, 0.4) is 0 Å². The fourth-order valence-corrected chi connectivity index (χ4v) is 2.78. The van der Waals surface area contributed by atoms with Gasteiger partial charge in [0.15, 0.2) is 5.82 Å². The number of aromatic nitrogens is 2. The van der Waals surface area contributed by atoms with E-state index in [-0.39, 0.29) is 6.03 Å². The topological polar surface area (TPSA) is 82.3 Å². The summed E-state index contributed by atoms with van der Waals surface area (Å²) in [5.74, 6) is 0.502. The Morgan fingerprint density at radius 3 is 2.58 bits per heavy atom. The third kappa shape index (κ3) is 4.12. The van der Waals surface area contributed by atoms with Crippen molar-refractivity contribution in [2.24, 2.45) is 0 Å². The van der Waals surface area contributed by atoms with Crippen LogP contribution in [0.1, 0.15) is 24.2 Å². The first-order valence-corrected chi connectivity index (χ1v) is 8.13. The Morgan fingerprint density at radius 1 is 1.25 bits per heavy atom. The summed E-state index contributed by atoms with van der Waals surface area (Å²) in [4.78, 5) is 14.4. The Labute approximate surface area is 141 Å². The van der Waals surface area contributed by atoms with Crippen LogP contribution in [0.15, 0.2) is 30.3 Å². The largest absolute Gasteiger partial charge is 0.379 e. The van der Waals surface area contributed by atoms with Gasteiger partial charge in [-0.2, -0.15) is 5.10 Å². The zero-order valence-electron chi connectivity index (χ0n) is 14.0. The van der Waals surface area contributed by atoms with Crippen molar-refractivity contribution in [3.8, 4) is 0 Å². The number of carbonyl (C=O) groups excluding carboxylic acids is 1. The molecule has 7 heteroatoms. The van der Waals surface area contributed by atoms with Crippen LogP contribution in [-0.4, -0.2) is 47.4 Å². The number of hydrogen-bond donors (Lipinski definition) is 3. The highest BCUT2D eigenvalue weighted by Gasteiger charge is 2.18. The quantitative estimate of drug-likeness (QED) is 0.805. The second-order valence-corrected chi connectivity index (χ2v) is 5.96. The molecular formula is C17H23N5O2. The maximum atomic E-state index is 12.0. The van der Waals surface area contributed by atoms with Gasteiger partial charge in [0, 0.05) is 36.6 Å². The predicted octanol–water partition coefficient (Wildman–Crippen LogP) is 2.76. The van der Waals surface area contributed by atoms with E-state index >= 15 is 0 Å². The van der Waals surface area contributed by atoms with Crippen LogP contribution in [0, 0.1) is 6.92 Å². The lowest BCUT2D eigenvalue weighted by atomic mass is 10.1. The Kier molecular flexibility index (Phi) is 5.12. The van der Waals surface area contributed by atoms with Crippen molar-refractivity contribution in [2.75, 3.05) is 36.9 Å². The number of aryl methyl sites for hydroxylation is 1. The average Bonchev–Trinajstić information content (AvgIpc) is 3.00. The molecule has 1 fully saturated rings. The molecule has 2 amide bonds. The second kappa shape index (κ2) is 7.46. The monoisotopic (exact) mass is 329 g/mol. The van der Waals surface area contributed by atoms with Crippen molar-refractivity contribution in [1.29, 1.82) is 0 Å². The van der Waals surface area contributed by atoms with E-state index in [9.17, 15) is 4.79 Å². The highest BCUT2D eigenvalue weighted by Crippen LogP contribution is 2.22. The third-order valence-electron chi connectivity index (χ3n) is 4.19. The number of nitrogens with one attached hydrogen (secondary N) is 3. The molecule has 1 saturated heterocycles. The molecule has 3 rings (SSSR count). The number of hydrogen-bond acceptors (Lipinski definition) is 4. The minimum atomic E-state index is -0.310. The zero-order chi connectivity index (χ0) is 16.9. The number of amides is 2. The number of aromatic amines is 1. The summed E-state index contributed by atoms with van der Waals surface area (Å²) in [6, 6.07) is 9.73. The molecule has 0 bridgehead atoms. The predicted molar refractivity (Wildman–Crippen MR) is 93.2 cm³/mol. The molecule has 1 aliphatic rings. The molecule has 1 aromatic carbocycles. The molecule has 128 valence electrons. The first-order chi connectivity index (χ1) is 11.6. The number of ether oxygens (including phenoxy) is 1. The molecule has 0 aliphatic carbocycles. The Morgan fingerprint density at radius 2 is 1.96 bits per heavy atom. The van der Waals surface area contributed by atoms with Gasteiger partial charge in [-0.15, -0.1) is 0 Å². The van der Waals surface area contributed by atoms with Crippen LogP contribution < -0.4 is 10.6 Å². The Hall–Kier alpha value is -2.38. The van der Waals surface area contributed by atoms with Crippen LogP contribution in [0.25, 0.3) is 0 Å². The van der Waals surface area contributed by atoms with Gasteiger partial charge in [-0.3, -0.25) is 15.3 Å². The summed E-state index contributed by atoms with van der Waals surface area (Å²) in [7, 11) is 0. The standard InChI is InChI=1S/C17H23N5O2/c1-12-11-16(21-20-12)19-17(23)18-15-5-3-14(4-6-15)13(2)22-7-9-24-10-8-22/h3-6,11,13H,7-10H2,1-2H3,(H3,18,19,20,21,23)/t13-/m0/s1. The van der Waals surface area contributed by atoms with Crippen LogP contribution in [0.5, 0.6) is 0 Å². The van der Waals surface area contributed by atoms with Gasteiger partial charge < -0.3 is 10.1 Å². The Balaban J connectivity index is 1.56. The number of rotatable bonds is 4.